The highest BCUT2D eigenvalue weighted by molar-refractivity contribution is 7.23. The lowest BCUT2D eigenvalue weighted by molar-refractivity contribution is -0.141. The number of amides is 1. The smallest absolute Gasteiger partial charge is 0.419 e. The summed E-state index contributed by atoms with van der Waals surface area (Å²) < 4.78 is 118. The minimum Gasteiger partial charge on any atom is -0.462 e. The van der Waals surface area contributed by atoms with Gasteiger partial charge in [-0.3, -0.25) is 9.69 Å². The number of carbonyl (C=O) groups is 1. The van der Waals surface area contributed by atoms with Crippen LogP contribution in [0.5, 0.6) is 6.01 Å². The third-order valence-electron chi connectivity index (χ3n) is 10.1. The van der Waals surface area contributed by atoms with E-state index in [0.717, 1.165) is 18.2 Å². The molecule has 2 N–H and O–H groups in total. The van der Waals surface area contributed by atoms with Gasteiger partial charge in [0.05, 0.1) is 39.1 Å². The maximum absolute atomic E-state index is 15.6. The molecule has 18 heteroatoms. The number of methoxy groups -OCH3 is 1. The molecule has 10 nitrogen and oxygen atoms in total. The van der Waals surface area contributed by atoms with Crippen LogP contribution in [0.3, 0.4) is 0 Å². The molecule has 282 valence electrons. The van der Waals surface area contributed by atoms with Crippen molar-refractivity contribution in [1.29, 1.82) is 5.26 Å². The molecule has 0 aliphatic carbocycles. The van der Waals surface area contributed by atoms with Crippen molar-refractivity contribution < 1.29 is 45.0 Å². The molecule has 4 heterocycles. The predicted octanol–water partition coefficient (Wildman–Crippen LogP) is 6.85. The van der Waals surface area contributed by atoms with Crippen LogP contribution in [0.4, 0.5) is 41.6 Å². The summed E-state index contributed by atoms with van der Waals surface area (Å²) in [5, 5.41) is 8.49. The minimum atomic E-state index is -5.49. The molecule has 6 rings (SSSR count). The zero-order chi connectivity index (χ0) is 38.7. The molecule has 4 atom stereocenters. The van der Waals surface area contributed by atoms with Gasteiger partial charge in [0.15, 0.2) is 0 Å². The van der Waals surface area contributed by atoms with Crippen LogP contribution in [0.1, 0.15) is 36.5 Å². The topological polar surface area (TPSA) is 121 Å². The molecule has 2 aliphatic rings. The number of halogens is 7. The normalized spacial score (nSPS) is 21.1. The first-order valence-electron chi connectivity index (χ1n) is 16.4. The van der Waals surface area contributed by atoms with Crippen molar-refractivity contribution >= 4 is 49.1 Å². The van der Waals surface area contributed by atoms with Gasteiger partial charge in [0.2, 0.25) is 5.91 Å². The Kier molecular flexibility index (Phi) is 9.98. The number of likely N-dealkylation sites (N-methyl/N-ethyl adjacent to an activating group) is 2. The molecular weight excluding hydrogens is 731 g/mol. The van der Waals surface area contributed by atoms with Gasteiger partial charge in [0.25, 0.3) is 0 Å². The van der Waals surface area contributed by atoms with Gasteiger partial charge in [-0.25, -0.2) is 4.39 Å². The second kappa shape index (κ2) is 13.9. The van der Waals surface area contributed by atoms with Crippen molar-refractivity contribution in [2.45, 2.75) is 56.3 Å². The molecule has 0 saturated carbocycles. The summed E-state index contributed by atoms with van der Waals surface area (Å²) in [5.74, 6) is -1.66. The maximum Gasteiger partial charge on any atom is 0.419 e. The van der Waals surface area contributed by atoms with E-state index in [-0.39, 0.29) is 46.7 Å². The average Bonchev–Trinajstić information content (AvgIpc) is 3.78. The van der Waals surface area contributed by atoms with Crippen molar-refractivity contribution in [1.82, 2.24) is 19.8 Å². The predicted molar refractivity (Wildman–Crippen MR) is 185 cm³/mol. The molecule has 2 aromatic heterocycles. The van der Waals surface area contributed by atoms with E-state index in [1.807, 2.05) is 11.9 Å². The number of fused-ring (bicyclic) bond motifs is 2. The molecular formula is C35H34F7N7O3S. The second-order valence-electron chi connectivity index (χ2n) is 13.1. The van der Waals surface area contributed by atoms with Gasteiger partial charge in [-0.05, 0) is 50.6 Å². The number of nitrogen functional groups attached to an aromatic ring is 1. The van der Waals surface area contributed by atoms with E-state index < -0.39 is 80.4 Å². The number of alkyl halides is 6. The van der Waals surface area contributed by atoms with Crippen LogP contribution < -0.4 is 15.4 Å². The summed E-state index contributed by atoms with van der Waals surface area (Å²) in [5.41, 5.74) is -1.02. The number of nitriles is 1. The summed E-state index contributed by atoms with van der Waals surface area (Å²) >= 11 is 0.535. The first-order chi connectivity index (χ1) is 24.9. The number of hydrogen-bond donors (Lipinski definition) is 1. The fourth-order valence-corrected chi connectivity index (χ4v) is 8.39. The molecule has 2 aromatic carbocycles. The summed E-state index contributed by atoms with van der Waals surface area (Å²) in [6.07, 6.45) is -9.06. The Hall–Kier alpha value is -4.73. The maximum atomic E-state index is 15.6. The number of hydrogen-bond acceptors (Lipinski definition) is 10. The molecule has 0 bridgehead atoms. The van der Waals surface area contributed by atoms with E-state index in [2.05, 4.69) is 16.5 Å². The average molecular weight is 766 g/mol. The Morgan fingerprint density at radius 1 is 1.23 bits per heavy atom. The van der Waals surface area contributed by atoms with E-state index in [0.29, 0.717) is 36.8 Å². The lowest BCUT2D eigenvalue weighted by Gasteiger charge is -2.32. The van der Waals surface area contributed by atoms with Gasteiger partial charge in [-0.2, -0.15) is 41.6 Å². The van der Waals surface area contributed by atoms with Crippen molar-refractivity contribution in [3.8, 4) is 23.2 Å². The van der Waals surface area contributed by atoms with Crippen LogP contribution in [-0.2, 0) is 21.9 Å². The van der Waals surface area contributed by atoms with Crippen LogP contribution in [0.25, 0.3) is 32.1 Å². The van der Waals surface area contributed by atoms with Crippen molar-refractivity contribution in [2.24, 2.45) is 0 Å². The number of likely N-dealkylation sites (tertiary alicyclic amines) is 2. The van der Waals surface area contributed by atoms with Crippen LogP contribution in [-0.4, -0.2) is 90.8 Å². The van der Waals surface area contributed by atoms with Crippen molar-refractivity contribution in [2.75, 3.05) is 51.5 Å². The number of aromatic nitrogens is 2. The molecule has 1 amide bonds. The standard InChI is InChI=1S/C35H34F7N7O3S/c1-6-25(50)49-10-9-24(16(49)2)48(4)32-20-12-22(34(37,38)39)27(19-7-8-23(36)30-26(19)21(13-43)31(44)53-30)28(35(40,41)42)29(20)45-33(46-32)52-15-17-11-18(51-5)14-47(17)3/h6-8,12,16-18,24H,1,9-11,14-15,44H2,2-5H3. The lowest BCUT2D eigenvalue weighted by Crippen LogP contribution is -2.43. The van der Waals surface area contributed by atoms with E-state index >= 15 is 30.7 Å². The fraction of sp³-hybridized carbons (Fsp3) is 0.429. The number of rotatable bonds is 8. The summed E-state index contributed by atoms with van der Waals surface area (Å²) in [6, 6.07) is 1.83. The van der Waals surface area contributed by atoms with Gasteiger partial charge in [0, 0.05) is 55.7 Å². The summed E-state index contributed by atoms with van der Waals surface area (Å²) in [7, 11) is 4.83. The first kappa shape index (κ1) is 38.0. The zero-order valence-corrected chi connectivity index (χ0v) is 29.7. The second-order valence-corrected chi connectivity index (χ2v) is 14.1. The minimum absolute atomic E-state index is 0.0837. The van der Waals surface area contributed by atoms with Gasteiger partial charge in [0.1, 0.15) is 29.3 Å². The Bertz CT molecular complexity index is 2150. The zero-order valence-electron chi connectivity index (χ0n) is 28.9. The Morgan fingerprint density at radius 2 is 1.94 bits per heavy atom. The summed E-state index contributed by atoms with van der Waals surface area (Å²) in [4.78, 5) is 26.0. The first-order valence-corrected chi connectivity index (χ1v) is 17.2. The third kappa shape index (κ3) is 6.70. The summed E-state index contributed by atoms with van der Waals surface area (Å²) in [6.45, 7) is 5.94. The van der Waals surface area contributed by atoms with E-state index in [4.69, 9.17) is 15.2 Å². The van der Waals surface area contributed by atoms with E-state index in [9.17, 15) is 10.1 Å². The largest absolute Gasteiger partial charge is 0.462 e. The monoisotopic (exact) mass is 765 g/mol. The quantitative estimate of drug-likeness (QED) is 0.152. The molecule has 2 aliphatic heterocycles. The number of benzene rings is 2. The van der Waals surface area contributed by atoms with Gasteiger partial charge in [-0.15, -0.1) is 11.3 Å². The number of carbonyl (C=O) groups excluding carboxylic acids is 1. The van der Waals surface area contributed by atoms with Crippen LogP contribution >= 0.6 is 11.3 Å². The van der Waals surface area contributed by atoms with Crippen LogP contribution in [0.2, 0.25) is 0 Å². The van der Waals surface area contributed by atoms with Crippen molar-refractivity contribution in [3.63, 3.8) is 0 Å². The highest BCUT2D eigenvalue weighted by Crippen LogP contribution is 2.52. The van der Waals surface area contributed by atoms with Gasteiger partial charge < -0.3 is 25.0 Å². The molecule has 0 spiro atoms. The molecule has 4 unspecified atom stereocenters. The molecule has 4 aromatic rings. The molecule has 2 fully saturated rings. The number of nitrogens with zero attached hydrogens (tertiary/aromatic N) is 6. The van der Waals surface area contributed by atoms with Crippen LogP contribution in [0.15, 0.2) is 30.9 Å². The SMILES string of the molecule is C=CC(=O)N1CCC(N(C)c2nc(OCC3CC(OC)CN3C)nc3c(C(F)(F)F)c(-c4ccc(F)c5sc(N)c(C#N)c45)c(C(F)(F)F)cc23)C1C. The Morgan fingerprint density at radius 3 is 2.55 bits per heavy atom. The van der Waals surface area contributed by atoms with Gasteiger partial charge >= 0.3 is 18.4 Å². The van der Waals surface area contributed by atoms with E-state index in [1.54, 1.807) is 20.1 Å². The van der Waals surface area contributed by atoms with Crippen LogP contribution in [0, 0.1) is 17.1 Å². The van der Waals surface area contributed by atoms with Gasteiger partial charge in [-0.1, -0.05) is 12.6 Å². The number of nitrogens with two attached hydrogens (primary N) is 1. The molecule has 0 radical (unpaired) electrons. The molecule has 2 saturated heterocycles. The molecule has 53 heavy (non-hydrogen) atoms. The Balaban J connectivity index is 1.66. The van der Waals surface area contributed by atoms with E-state index in [1.165, 1.54) is 16.8 Å². The highest BCUT2D eigenvalue weighted by Gasteiger charge is 2.46. The Labute approximate surface area is 303 Å². The lowest BCUT2D eigenvalue weighted by atomic mass is 9.88. The van der Waals surface area contributed by atoms with Crippen molar-refractivity contribution in [3.05, 3.63) is 53.4 Å². The number of anilines is 2. The number of ether oxygens (including phenoxy) is 2. The number of thiophene rings is 1. The fourth-order valence-electron chi connectivity index (χ4n) is 7.44. The highest BCUT2D eigenvalue weighted by atomic mass is 32.1. The third-order valence-corrected chi connectivity index (χ3v) is 11.2.